The highest BCUT2D eigenvalue weighted by molar-refractivity contribution is 7.92. The number of non-ortho nitro benzene ring substituents is 1. The molecular formula is C25H34N4O7S. The zero-order valence-electron chi connectivity index (χ0n) is 21.8. The van der Waals surface area contributed by atoms with Crippen molar-refractivity contribution in [3.05, 3.63) is 63.7 Å². The Balaban J connectivity index is 2.48. The van der Waals surface area contributed by atoms with Gasteiger partial charge in [-0.05, 0) is 31.9 Å². The molecule has 2 rings (SSSR count). The summed E-state index contributed by atoms with van der Waals surface area (Å²) in [5.41, 5.74) is 1.21. The molecule has 1 N–H and O–H groups in total. The van der Waals surface area contributed by atoms with Crippen LogP contribution in [0.2, 0.25) is 0 Å². The van der Waals surface area contributed by atoms with Gasteiger partial charge >= 0.3 is 0 Å². The Kier molecular flexibility index (Phi) is 10.4. The zero-order chi connectivity index (χ0) is 27.8. The van der Waals surface area contributed by atoms with Gasteiger partial charge in [-0.2, -0.15) is 0 Å². The summed E-state index contributed by atoms with van der Waals surface area (Å²) in [4.78, 5) is 38.5. The van der Waals surface area contributed by atoms with Crippen LogP contribution in [0.5, 0.6) is 5.75 Å². The Labute approximate surface area is 217 Å². The van der Waals surface area contributed by atoms with Crippen molar-refractivity contribution in [2.45, 2.75) is 46.2 Å². The maximum Gasteiger partial charge on any atom is 0.271 e. The van der Waals surface area contributed by atoms with E-state index in [9.17, 15) is 28.1 Å². The molecule has 12 heteroatoms. The third-order valence-corrected chi connectivity index (χ3v) is 6.88. The number of sulfonamides is 1. The fraction of sp³-hybridized carbons (Fsp3) is 0.440. The van der Waals surface area contributed by atoms with Crippen molar-refractivity contribution in [2.75, 3.05) is 30.8 Å². The summed E-state index contributed by atoms with van der Waals surface area (Å²) in [7, 11) is -2.79. The van der Waals surface area contributed by atoms with Gasteiger partial charge in [-0.3, -0.25) is 24.0 Å². The molecule has 0 aliphatic heterocycles. The number of nitrogens with zero attached hydrogens (tertiary/aromatic N) is 3. The van der Waals surface area contributed by atoms with Crippen LogP contribution in [-0.2, 0) is 26.2 Å². The first-order valence-electron chi connectivity index (χ1n) is 11.8. The van der Waals surface area contributed by atoms with Gasteiger partial charge in [0, 0.05) is 25.2 Å². The van der Waals surface area contributed by atoms with Crippen LogP contribution in [0.15, 0.2) is 42.5 Å². The molecular weight excluding hydrogens is 500 g/mol. The summed E-state index contributed by atoms with van der Waals surface area (Å²) in [6.07, 6.45) is 2.55. The summed E-state index contributed by atoms with van der Waals surface area (Å²) >= 11 is 0. The van der Waals surface area contributed by atoms with Gasteiger partial charge in [0.1, 0.15) is 24.0 Å². The van der Waals surface area contributed by atoms with E-state index in [1.165, 1.54) is 24.1 Å². The van der Waals surface area contributed by atoms with Crippen molar-refractivity contribution in [1.29, 1.82) is 0 Å². The molecule has 0 saturated carbocycles. The highest BCUT2D eigenvalue weighted by Gasteiger charge is 2.32. The number of methoxy groups -OCH3 is 1. The fourth-order valence-electron chi connectivity index (χ4n) is 3.71. The molecule has 0 spiro atoms. The summed E-state index contributed by atoms with van der Waals surface area (Å²) in [5, 5.41) is 14.1. The molecule has 2 aromatic rings. The second-order valence-electron chi connectivity index (χ2n) is 8.71. The van der Waals surface area contributed by atoms with Crippen LogP contribution >= 0.6 is 0 Å². The van der Waals surface area contributed by atoms with Crippen LogP contribution in [0.25, 0.3) is 0 Å². The Morgan fingerprint density at radius 1 is 1.19 bits per heavy atom. The second-order valence-corrected chi connectivity index (χ2v) is 10.6. The number of aryl methyl sites for hydroxylation is 1. The van der Waals surface area contributed by atoms with Crippen LogP contribution < -0.4 is 14.4 Å². The van der Waals surface area contributed by atoms with E-state index in [1.807, 2.05) is 38.1 Å². The number of ether oxygens (including phenoxy) is 1. The number of unbranched alkanes of at least 4 members (excludes halogenated alkanes) is 1. The fourth-order valence-corrected chi connectivity index (χ4v) is 4.55. The molecule has 2 aromatic carbocycles. The van der Waals surface area contributed by atoms with Gasteiger partial charge in [-0.15, -0.1) is 0 Å². The van der Waals surface area contributed by atoms with Crippen LogP contribution in [0.3, 0.4) is 0 Å². The normalized spacial score (nSPS) is 11.9. The lowest BCUT2D eigenvalue weighted by molar-refractivity contribution is -0.384. The van der Waals surface area contributed by atoms with Crippen molar-refractivity contribution in [1.82, 2.24) is 10.2 Å². The number of anilines is 1. The van der Waals surface area contributed by atoms with Crippen LogP contribution in [-0.4, -0.2) is 62.6 Å². The molecule has 0 aliphatic rings. The predicted molar refractivity (Wildman–Crippen MR) is 141 cm³/mol. The predicted octanol–water partition coefficient (Wildman–Crippen LogP) is 3.01. The molecule has 11 nitrogen and oxygen atoms in total. The molecule has 1 atom stereocenters. The molecule has 0 aromatic heterocycles. The lowest BCUT2D eigenvalue weighted by Gasteiger charge is -2.31. The van der Waals surface area contributed by atoms with E-state index in [0.717, 1.165) is 40.6 Å². The topological polar surface area (TPSA) is 139 Å². The Morgan fingerprint density at radius 2 is 1.89 bits per heavy atom. The summed E-state index contributed by atoms with van der Waals surface area (Å²) < 4.78 is 31.5. The Bertz CT molecular complexity index is 1230. The largest absolute Gasteiger partial charge is 0.495 e. The van der Waals surface area contributed by atoms with Crippen molar-refractivity contribution >= 4 is 33.2 Å². The molecule has 0 radical (unpaired) electrons. The second kappa shape index (κ2) is 13.0. The van der Waals surface area contributed by atoms with E-state index in [-0.39, 0.29) is 29.6 Å². The number of benzene rings is 2. The number of nitro groups is 1. The average Bonchev–Trinajstić information content (AvgIpc) is 2.84. The lowest BCUT2D eigenvalue weighted by Crippen LogP contribution is -2.51. The monoisotopic (exact) mass is 534 g/mol. The van der Waals surface area contributed by atoms with Crippen molar-refractivity contribution in [2.24, 2.45) is 0 Å². The molecule has 0 heterocycles. The first-order chi connectivity index (χ1) is 17.4. The number of amides is 2. The molecule has 202 valence electrons. The maximum absolute atomic E-state index is 13.6. The van der Waals surface area contributed by atoms with Crippen LogP contribution in [0.1, 0.15) is 37.8 Å². The summed E-state index contributed by atoms with van der Waals surface area (Å²) in [6, 6.07) is 10.00. The molecule has 1 unspecified atom stereocenters. The van der Waals surface area contributed by atoms with Gasteiger partial charge in [-0.25, -0.2) is 8.42 Å². The molecule has 0 saturated heterocycles. The smallest absolute Gasteiger partial charge is 0.271 e. The van der Waals surface area contributed by atoms with Gasteiger partial charge < -0.3 is 15.0 Å². The number of rotatable bonds is 13. The van der Waals surface area contributed by atoms with Gasteiger partial charge in [0.15, 0.2) is 0 Å². The molecule has 37 heavy (non-hydrogen) atoms. The highest BCUT2D eigenvalue weighted by atomic mass is 32.2. The average molecular weight is 535 g/mol. The minimum atomic E-state index is -4.08. The SMILES string of the molecule is CCCCNC(=O)C(C)N(Cc1cccc(C)c1)C(=O)CN(c1cc([N+](=O)[O-])ccc1OC)S(C)(=O)=O. The van der Waals surface area contributed by atoms with Crippen LogP contribution in [0.4, 0.5) is 11.4 Å². The third kappa shape index (κ3) is 8.17. The Morgan fingerprint density at radius 3 is 2.46 bits per heavy atom. The lowest BCUT2D eigenvalue weighted by atomic mass is 10.1. The highest BCUT2D eigenvalue weighted by Crippen LogP contribution is 2.33. The number of nitro benzene ring substituents is 1. The summed E-state index contributed by atoms with van der Waals surface area (Å²) in [5.74, 6) is -0.980. The van der Waals surface area contributed by atoms with Gasteiger partial charge in [0.2, 0.25) is 21.8 Å². The van der Waals surface area contributed by atoms with E-state index in [0.29, 0.717) is 6.54 Å². The number of hydrogen-bond acceptors (Lipinski definition) is 7. The van der Waals surface area contributed by atoms with Gasteiger partial charge in [-0.1, -0.05) is 43.2 Å². The van der Waals surface area contributed by atoms with E-state index < -0.39 is 33.4 Å². The number of carbonyl (C=O) groups excluding carboxylic acids is 2. The quantitative estimate of drug-likeness (QED) is 0.237. The van der Waals surface area contributed by atoms with Crippen LogP contribution in [0, 0.1) is 17.0 Å². The minimum absolute atomic E-state index is 0.0411. The molecule has 0 bridgehead atoms. The van der Waals surface area contributed by atoms with E-state index >= 15 is 0 Å². The summed E-state index contributed by atoms with van der Waals surface area (Å²) in [6.45, 7) is 5.29. The maximum atomic E-state index is 13.6. The standard InChI is InChI=1S/C25H34N4O7S/c1-6-7-13-26-25(31)19(3)27(16-20-10-8-9-18(2)14-20)24(30)17-28(37(5,34)35)22-15-21(29(32)33)11-12-23(22)36-4/h8-12,14-15,19H,6-7,13,16-17H2,1-5H3,(H,26,31). The molecule has 0 aliphatic carbocycles. The van der Waals surface area contributed by atoms with Gasteiger partial charge in [0.25, 0.3) is 5.69 Å². The van der Waals surface area contributed by atoms with E-state index in [4.69, 9.17) is 4.74 Å². The van der Waals surface area contributed by atoms with Crippen molar-refractivity contribution in [3.63, 3.8) is 0 Å². The molecule has 2 amide bonds. The number of hydrogen-bond donors (Lipinski definition) is 1. The third-order valence-electron chi connectivity index (χ3n) is 5.75. The molecule has 0 fully saturated rings. The van der Waals surface area contributed by atoms with E-state index in [2.05, 4.69) is 5.32 Å². The van der Waals surface area contributed by atoms with Crippen molar-refractivity contribution in [3.8, 4) is 5.75 Å². The first kappa shape index (κ1) is 29.6. The number of carbonyl (C=O) groups is 2. The zero-order valence-corrected chi connectivity index (χ0v) is 22.6. The Hall–Kier alpha value is -3.67. The van der Waals surface area contributed by atoms with E-state index in [1.54, 1.807) is 6.92 Å². The van der Waals surface area contributed by atoms with Gasteiger partial charge in [0.05, 0.1) is 18.3 Å². The number of nitrogens with one attached hydrogen (secondary N) is 1. The first-order valence-corrected chi connectivity index (χ1v) is 13.7. The minimum Gasteiger partial charge on any atom is -0.495 e. The van der Waals surface area contributed by atoms with Crippen molar-refractivity contribution < 1.29 is 27.7 Å².